The fraction of sp³-hybridized carbons (Fsp3) is 0.333. The number of nitrogens with two attached hydrogens (primary N) is 1. The van der Waals surface area contributed by atoms with Crippen LogP contribution in [0.4, 0.5) is 5.69 Å². The van der Waals surface area contributed by atoms with E-state index >= 15 is 0 Å². The Labute approximate surface area is 118 Å². The van der Waals surface area contributed by atoms with E-state index < -0.39 is 0 Å². The summed E-state index contributed by atoms with van der Waals surface area (Å²) in [5.41, 5.74) is 8.48. The van der Waals surface area contributed by atoms with E-state index in [-0.39, 0.29) is 12.6 Å². The summed E-state index contributed by atoms with van der Waals surface area (Å²) in [6, 6.07) is 7.24. The van der Waals surface area contributed by atoms with Gasteiger partial charge in [-0.3, -0.25) is 4.68 Å². The molecule has 20 heavy (non-hydrogen) atoms. The molecular formula is C15H19N3O2. The monoisotopic (exact) mass is 273 g/mol. The van der Waals surface area contributed by atoms with Gasteiger partial charge in [0.15, 0.2) is 0 Å². The topological polar surface area (TPSA) is 70.1 Å². The standard InChI is InChI=1S/C15H19N3O2/c1-10(2)18-7-6-13(17-18)9-20-15(19)12-4-5-14(16)11(3)8-12/h4-8,10H,9,16H2,1-3H3. The Balaban J connectivity index is 1.99. The zero-order valence-corrected chi connectivity index (χ0v) is 12.0. The van der Waals surface area contributed by atoms with Crippen molar-refractivity contribution in [3.8, 4) is 0 Å². The van der Waals surface area contributed by atoms with Gasteiger partial charge in [-0.25, -0.2) is 4.79 Å². The third-order valence-corrected chi connectivity index (χ3v) is 3.05. The van der Waals surface area contributed by atoms with E-state index in [1.807, 2.05) is 37.7 Å². The van der Waals surface area contributed by atoms with E-state index in [9.17, 15) is 4.79 Å². The van der Waals surface area contributed by atoms with Crippen molar-refractivity contribution >= 4 is 11.7 Å². The average Bonchev–Trinajstić information content (AvgIpc) is 2.88. The molecule has 2 aromatic rings. The number of aromatic nitrogens is 2. The van der Waals surface area contributed by atoms with Crippen LogP contribution in [0.5, 0.6) is 0 Å². The molecule has 2 rings (SSSR count). The number of esters is 1. The summed E-state index contributed by atoms with van der Waals surface area (Å²) >= 11 is 0. The first-order chi connectivity index (χ1) is 9.47. The van der Waals surface area contributed by atoms with Crippen molar-refractivity contribution in [2.75, 3.05) is 5.73 Å². The molecule has 106 valence electrons. The van der Waals surface area contributed by atoms with Gasteiger partial charge in [0.1, 0.15) is 6.61 Å². The van der Waals surface area contributed by atoms with Gasteiger partial charge in [0.2, 0.25) is 0 Å². The number of hydrogen-bond acceptors (Lipinski definition) is 4. The number of carbonyl (C=O) groups is 1. The molecule has 5 heteroatoms. The highest BCUT2D eigenvalue weighted by Crippen LogP contribution is 2.14. The van der Waals surface area contributed by atoms with Crippen LogP contribution in [0.1, 0.15) is 41.5 Å². The van der Waals surface area contributed by atoms with Gasteiger partial charge < -0.3 is 10.5 Å². The minimum absolute atomic E-state index is 0.169. The second-order valence-corrected chi connectivity index (χ2v) is 5.03. The number of benzene rings is 1. The molecule has 0 atom stereocenters. The summed E-state index contributed by atoms with van der Waals surface area (Å²) in [4.78, 5) is 11.9. The highest BCUT2D eigenvalue weighted by atomic mass is 16.5. The lowest BCUT2D eigenvalue weighted by Gasteiger charge is -2.06. The van der Waals surface area contributed by atoms with E-state index in [0.717, 1.165) is 11.3 Å². The van der Waals surface area contributed by atoms with Crippen molar-refractivity contribution in [1.82, 2.24) is 9.78 Å². The minimum atomic E-state index is -0.368. The van der Waals surface area contributed by atoms with Crippen molar-refractivity contribution in [3.63, 3.8) is 0 Å². The van der Waals surface area contributed by atoms with Crippen molar-refractivity contribution in [2.45, 2.75) is 33.4 Å². The third-order valence-electron chi connectivity index (χ3n) is 3.05. The summed E-state index contributed by atoms with van der Waals surface area (Å²) < 4.78 is 7.08. The molecule has 0 fully saturated rings. The van der Waals surface area contributed by atoms with Crippen LogP contribution in [0.25, 0.3) is 0 Å². The lowest BCUT2D eigenvalue weighted by Crippen LogP contribution is -2.07. The third kappa shape index (κ3) is 3.17. The number of hydrogen-bond donors (Lipinski definition) is 1. The Morgan fingerprint density at radius 3 is 2.75 bits per heavy atom. The van der Waals surface area contributed by atoms with E-state index in [0.29, 0.717) is 17.3 Å². The van der Waals surface area contributed by atoms with Crippen molar-refractivity contribution in [3.05, 3.63) is 47.3 Å². The largest absolute Gasteiger partial charge is 0.456 e. The SMILES string of the molecule is Cc1cc(C(=O)OCc2ccn(C(C)C)n2)ccc1N. The predicted molar refractivity (Wildman–Crippen MR) is 77.3 cm³/mol. The normalized spacial score (nSPS) is 10.8. The molecule has 1 aromatic heterocycles. The molecule has 0 saturated heterocycles. The Morgan fingerprint density at radius 1 is 1.40 bits per heavy atom. The van der Waals surface area contributed by atoms with Gasteiger partial charge in [-0.15, -0.1) is 0 Å². The first-order valence-corrected chi connectivity index (χ1v) is 6.54. The van der Waals surface area contributed by atoms with Crippen molar-refractivity contribution in [1.29, 1.82) is 0 Å². The molecule has 1 aromatic carbocycles. The Morgan fingerprint density at radius 2 is 2.15 bits per heavy atom. The molecule has 0 radical (unpaired) electrons. The lowest BCUT2D eigenvalue weighted by molar-refractivity contribution is 0.0467. The predicted octanol–water partition coefficient (Wildman–Crippen LogP) is 2.71. The maximum atomic E-state index is 11.9. The Hall–Kier alpha value is -2.30. The minimum Gasteiger partial charge on any atom is -0.456 e. The molecule has 5 nitrogen and oxygen atoms in total. The smallest absolute Gasteiger partial charge is 0.338 e. The van der Waals surface area contributed by atoms with Gasteiger partial charge in [0.25, 0.3) is 0 Å². The fourth-order valence-corrected chi connectivity index (χ4v) is 1.77. The number of aryl methyl sites for hydroxylation is 1. The van der Waals surface area contributed by atoms with E-state index in [4.69, 9.17) is 10.5 Å². The lowest BCUT2D eigenvalue weighted by atomic mass is 10.1. The molecule has 0 unspecified atom stereocenters. The van der Waals surface area contributed by atoms with Crippen molar-refractivity contribution < 1.29 is 9.53 Å². The van der Waals surface area contributed by atoms with Crippen LogP contribution in [0.3, 0.4) is 0 Å². The molecule has 0 aliphatic heterocycles. The maximum absolute atomic E-state index is 11.9. The maximum Gasteiger partial charge on any atom is 0.338 e. The molecule has 2 N–H and O–H groups in total. The van der Waals surface area contributed by atoms with Crippen LogP contribution >= 0.6 is 0 Å². The number of ether oxygens (including phenoxy) is 1. The molecule has 0 aliphatic carbocycles. The highest BCUT2D eigenvalue weighted by molar-refractivity contribution is 5.90. The quantitative estimate of drug-likeness (QED) is 0.687. The van der Waals surface area contributed by atoms with Crippen LogP contribution in [0.15, 0.2) is 30.5 Å². The van der Waals surface area contributed by atoms with Gasteiger partial charge in [0, 0.05) is 17.9 Å². The van der Waals surface area contributed by atoms with E-state index in [1.54, 1.807) is 18.2 Å². The fourth-order valence-electron chi connectivity index (χ4n) is 1.77. The molecule has 0 amide bonds. The van der Waals surface area contributed by atoms with Crippen LogP contribution in [-0.2, 0) is 11.3 Å². The number of carbonyl (C=O) groups excluding carboxylic acids is 1. The number of nitrogen functional groups attached to an aromatic ring is 1. The summed E-state index contributed by atoms with van der Waals surface area (Å²) in [5.74, 6) is -0.368. The van der Waals surface area contributed by atoms with Gasteiger partial charge in [-0.05, 0) is 50.6 Å². The van der Waals surface area contributed by atoms with Gasteiger partial charge >= 0.3 is 5.97 Å². The van der Waals surface area contributed by atoms with Gasteiger partial charge in [-0.1, -0.05) is 0 Å². The van der Waals surface area contributed by atoms with Crippen molar-refractivity contribution in [2.24, 2.45) is 0 Å². The van der Waals surface area contributed by atoms with Crippen LogP contribution in [0, 0.1) is 6.92 Å². The number of rotatable bonds is 4. The van der Waals surface area contributed by atoms with Gasteiger partial charge in [-0.2, -0.15) is 5.10 Å². The van der Waals surface area contributed by atoms with E-state index in [1.165, 1.54) is 0 Å². The zero-order chi connectivity index (χ0) is 14.7. The van der Waals surface area contributed by atoms with Crippen LogP contribution < -0.4 is 5.73 Å². The molecule has 0 bridgehead atoms. The summed E-state index contributed by atoms with van der Waals surface area (Å²) in [5, 5.41) is 4.33. The summed E-state index contributed by atoms with van der Waals surface area (Å²) in [6.45, 7) is 6.11. The summed E-state index contributed by atoms with van der Waals surface area (Å²) in [6.07, 6.45) is 1.88. The first kappa shape index (κ1) is 14.1. The second-order valence-electron chi connectivity index (χ2n) is 5.03. The van der Waals surface area contributed by atoms with Gasteiger partial charge in [0.05, 0.1) is 11.3 Å². The number of anilines is 1. The first-order valence-electron chi connectivity index (χ1n) is 6.54. The zero-order valence-electron chi connectivity index (χ0n) is 12.0. The molecule has 0 aliphatic rings. The second kappa shape index (κ2) is 5.77. The Bertz CT molecular complexity index is 617. The average molecular weight is 273 g/mol. The van der Waals surface area contributed by atoms with E-state index in [2.05, 4.69) is 5.10 Å². The molecule has 1 heterocycles. The highest BCUT2D eigenvalue weighted by Gasteiger charge is 2.10. The van der Waals surface area contributed by atoms with Crippen LogP contribution in [-0.4, -0.2) is 15.7 Å². The Kier molecular flexibility index (Phi) is 4.08. The number of nitrogens with zero attached hydrogens (tertiary/aromatic N) is 2. The molecule has 0 spiro atoms. The molecule has 0 saturated carbocycles. The van der Waals surface area contributed by atoms with Crippen LogP contribution in [0.2, 0.25) is 0 Å². The summed E-state index contributed by atoms with van der Waals surface area (Å²) in [7, 11) is 0. The molecular weight excluding hydrogens is 254 g/mol.